The minimum Gasteiger partial charge on any atom is -0.374 e. The third-order valence-corrected chi connectivity index (χ3v) is 2.26. The molecule has 102 valence electrons. The first-order valence-corrected chi connectivity index (χ1v) is 5.21. The van der Waals surface area contributed by atoms with Crippen LogP contribution in [0.2, 0.25) is 0 Å². The van der Waals surface area contributed by atoms with Crippen LogP contribution in [0.4, 0.5) is 20.4 Å². The van der Waals surface area contributed by atoms with Crippen LogP contribution in [0.25, 0.3) is 0 Å². The Morgan fingerprint density at radius 3 is 2.83 bits per heavy atom. The molecule has 1 rings (SSSR count). The molecular formula is C9H14F2N4O3. The lowest BCUT2D eigenvalue weighted by atomic mass is 10.5. The Morgan fingerprint density at radius 1 is 1.61 bits per heavy atom. The fraction of sp³-hybridized carbons (Fsp3) is 0.667. The van der Waals surface area contributed by atoms with Crippen molar-refractivity contribution >= 4 is 11.6 Å². The summed E-state index contributed by atoms with van der Waals surface area (Å²) < 4.78 is 29.7. The Labute approximate surface area is 102 Å². The fourth-order valence-corrected chi connectivity index (χ4v) is 1.33. The first kappa shape index (κ1) is 14.3. The van der Waals surface area contributed by atoms with E-state index in [0.29, 0.717) is 5.82 Å². The van der Waals surface area contributed by atoms with Crippen molar-refractivity contribution in [1.82, 2.24) is 9.55 Å². The van der Waals surface area contributed by atoms with Gasteiger partial charge in [-0.05, 0) is 9.91 Å². The van der Waals surface area contributed by atoms with Gasteiger partial charge in [0.15, 0.2) is 0 Å². The molecule has 1 heterocycles. The van der Waals surface area contributed by atoms with E-state index < -0.39 is 18.0 Å². The molecule has 1 aromatic heterocycles. The van der Waals surface area contributed by atoms with Crippen LogP contribution in [0.1, 0.15) is 5.82 Å². The number of ether oxygens (including phenoxy) is 1. The van der Waals surface area contributed by atoms with Gasteiger partial charge >= 0.3 is 5.82 Å². The zero-order chi connectivity index (χ0) is 13.7. The van der Waals surface area contributed by atoms with Gasteiger partial charge in [-0.1, -0.05) is 0 Å². The van der Waals surface area contributed by atoms with Crippen molar-refractivity contribution in [3.63, 3.8) is 0 Å². The van der Waals surface area contributed by atoms with E-state index in [0.717, 1.165) is 0 Å². The molecule has 18 heavy (non-hydrogen) atoms. The Balaban J connectivity index is 2.53. The quantitative estimate of drug-likeness (QED) is 0.456. The van der Waals surface area contributed by atoms with Crippen LogP contribution < -0.4 is 5.32 Å². The molecule has 0 radical (unpaired) electrons. The van der Waals surface area contributed by atoms with Crippen molar-refractivity contribution in [2.45, 2.75) is 13.3 Å². The van der Waals surface area contributed by atoms with E-state index in [-0.39, 0.29) is 24.8 Å². The molecule has 0 amide bonds. The molecule has 7 nitrogen and oxygen atoms in total. The largest absolute Gasteiger partial charge is 0.406 e. The second kappa shape index (κ2) is 6.24. The van der Waals surface area contributed by atoms with E-state index >= 15 is 0 Å². The minimum absolute atomic E-state index is 0.0335. The highest BCUT2D eigenvalue weighted by Crippen LogP contribution is 2.23. The molecule has 0 saturated carbocycles. The van der Waals surface area contributed by atoms with Crippen LogP contribution >= 0.6 is 0 Å². The fourth-order valence-electron chi connectivity index (χ4n) is 1.33. The second-order valence-electron chi connectivity index (χ2n) is 3.54. The van der Waals surface area contributed by atoms with Crippen molar-refractivity contribution < 1.29 is 18.4 Å². The predicted octanol–water partition coefficient (Wildman–Crippen LogP) is 1.33. The third kappa shape index (κ3) is 3.62. The van der Waals surface area contributed by atoms with E-state index in [1.165, 1.54) is 4.57 Å². The van der Waals surface area contributed by atoms with E-state index in [2.05, 4.69) is 15.0 Å². The number of halogens is 2. The van der Waals surface area contributed by atoms with Gasteiger partial charge in [0.05, 0.1) is 6.61 Å². The van der Waals surface area contributed by atoms with Gasteiger partial charge in [0.1, 0.15) is 6.61 Å². The molecule has 1 N–H and O–H groups in total. The average molecular weight is 264 g/mol. The molecule has 0 saturated heterocycles. The molecule has 0 aliphatic heterocycles. The van der Waals surface area contributed by atoms with E-state index in [9.17, 15) is 18.9 Å². The van der Waals surface area contributed by atoms with Crippen LogP contribution in [0.3, 0.4) is 0 Å². The first-order valence-electron chi connectivity index (χ1n) is 5.21. The van der Waals surface area contributed by atoms with E-state index in [4.69, 9.17) is 0 Å². The van der Waals surface area contributed by atoms with Gasteiger partial charge in [-0.15, -0.1) is 0 Å². The van der Waals surface area contributed by atoms with Gasteiger partial charge in [-0.3, -0.25) is 4.57 Å². The Morgan fingerprint density at radius 2 is 2.28 bits per heavy atom. The van der Waals surface area contributed by atoms with Gasteiger partial charge in [0.25, 0.3) is 6.43 Å². The molecule has 0 fully saturated rings. The molecular weight excluding hydrogens is 250 g/mol. The predicted molar refractivity (Wildman–Crippen MR) is 59.9 cm³/mol. The van der Waals surface area contributed by atoms with Crippen molar-refractivity contribution in [1.29, 1.82) is 0 Å². The number of imidazole rings is 1. The van der Waals surface area contributed by atoms with Crippen LogP contribution in [-0.2, 0) is 11.8 Å². The Kier molecular flexibility index (Phi) is 4.95. The molecule has 0 bridgehead atoms. The summed E-state index contributed by atoms with van der Waals surface area (Å²) in [5.41, 5.74) is 0. The highest BCUT2D eigenvalue weighted by Gasteiger charge is 2.22. The molecule has 0 aromatic carbocycles. The molecule has 0 aliphatic rings. The summed E-state index contributed by atoms with van der Waals surface area (Å²) in [4.78, 5) is 13.9. The molecule has 0 aliphatic carbocycles. The van der Waals surface area contributed by atoms with Gasteiger partial charge in [0, 0.05) is 20.5 Å². The number of nitrogens with one attached hydrogen (secondary N) is 1. The molecule has 9 heteroatoms. The molecule has 0 atom stereocenters. The highest BCUT2D eigenvalue weighted by molar-refractivity contribution is 5.53. The maximum atomic E-state index is 11.8. The normalized spacial score (nSPS) is 10.9. The van der Waals surface area contributed by atoms with E-state index in [1.54, 1.807) is 14.0 Å². The minimum atomic E-state index is -2.52. The van der Waals surface area contributed by atoms with Crippen LogP contribution in [0.15, 0.2) is 0 Å². The van der Waals surface area contributed by atoms with E-state index in [1.807, 2.05) is 0 Å². The monoisotopic (exact) mass is 264 g/mol. The standard InChI is InChI=1S/C9H14F2N4O3/c1-6-13-9(15(16)17)8(14(6)2)12-3-4-18-5-7(10)11/h7,12H,3-5H2,1-2H3. The molecule has 1 aromatic rings. The van der Waals surface area contributed by atoms with Crippen molar-refractivity contribution in [2.75, 3.05) is 25.1 Å². The van der Waals surface area contributed by atoms with Crippen LogP contribution in [0.5, 0.6) is 0 Å². The zero-order valence-electron chi connectivity index (χ0n) is 10.0. The SMILES string of the molecule is Cc1nc([N+](=O)[O-])c(NCCOCC(F)F)n1C. The second-order valence-corrected chi connectivity index (χ2v) is 3.54. The maximum Gasteiger partial charge on any atom is 0.406 e. The molecule has 0 spiro atoms. The number of alkyl halides is 2. The van der Waals surface area contributed by atoms with Gasteiger partial charge in [-0.25, -0.2) is 8.78 Å². The Hall–Kier alpha value is -1.77. The summed E-state index contributed by atoms with van der Waals surface area (Å²) in [6.07, 6.45) is -2.52. The number of aryl methyl sites for hydroxylation is 1. The lowest BCUT2D eigenvalue weighted by molar-refractivity contribution is -0.388. The first-order chi connectivity index (χ1) is 8.43. The number of hydrogen-bond acceptors (Lipinski definition) is 5. The number of nitro groups is 1. The number of rotatable bonds is 7. The topological polar surface area (TPSA) is 82.2 Å². The smallest absolute Gasteiger partial charge is 0.374 e. The summed E-state index contributed by atoms with van der Waals surface area (Å²) in [6.45, 7) is 1.21. The summed E-state index contributed by atoms with van der Waals surface area (Å²) in [5, 5.41) is 13.5. The number of hydrogen-bond donors (Lipinski definition) is 1. The highest BCUT2D eigenvalue weighted by atomic mass is 19.3. The third-order valence-electron chi connectivity index (χ3n) is 2.26. The van der Waals surface area contributed by atoms with Crippen molar-refractivity contribution in [3.05, 3.63) is 15.9 Å². The summed E-state index contributed by atoms with van der Waals surface area (Å²) in [5.74, 6) is 0.430. The lowest BCUT2D eigenvalue weighted by Gasteiger charge is -2.07. The zero-order valence-corrected chi connectivity index (χ0v) is 10.0. The van der Waals surface area contributed by atoms with Crippen molar-refractivity contribution in [3.8, 4) is 0 Å². The number of anilines is 1. The Bertz CT molecular complexity index is 422. The summed E-state index contributed by atoms with van der Waals surface area (Å²) >= 11 is 0. The van der Waals surface area contributed by atoms with Crippen molar-refractivity contribution in [2.24, 2.45) is 7.05 Å². The van der Waals surface area contributed by atoms with Crippen LogP contribution in [-0.4, -0.2) is 40.7 Å². The van der Waals surface area contributed by atoms with Gasteiger partial charge < -0.3 is 20.2 Å². The maximum absolute atomic E-state index is 11.8. The lowest BCUT2D eigenvalue weighted by Crippen LogP contribution is -2.15. The van der Waals surface area contributed by atoms with Crippen LogP contribution in [0, 0.1) is 17.0 Å². The number of aromatic nitrogens is 2. The molecule has 0 unspecified atom stereocenters. The average Bonchev–Trinajstić information content (AvgIpc) is 2.56. The van der Waals surface area contributed by atoms with Gasteiger partial charge in [0.2, 0.25) is 11.6 Å². The summed E-state index contributed by atoms with van der Waals surface area (Å²) in [6, 6.07) is 0. The van der Waals surface area contributed by atoms with Gasteiger partial charge in [-0.2, -0.15) is 0 Å². The summed E-state index contributed by atoms with van der Waals surface area (Å²) in [7, 11) is 1.62. The number of nitrogens with zero attached hydrogens (tertiary/aromatic N) is 3.